The Hall–Kier alpha value is -1.78. The minimum Gasteiger partial charge on any atom is -0.476 e. The molecule has 0 aliphatic rings. The maximum Gasteiger partial charge on any atom is 0.347 e. The van der Waals surface area contributed by atoms with Crippen LogP contribution in [-0.4, -0.2) is 18.7 Å². The van der Waals surface area contributed by atoms with Crippen molar-refractivity contribution >= 4 is 11.7 Å². The van der Waals surface area contributed by atoms with Gasteiger partial charge in [0.25, 0.3) is 0 Å². The fourth-order valence-electron chi connectivity index (χ4n) is 1.49. The van der Waals surface area contributed by atoms with Crippen molar-refractivity contribution in [2.45, 2.75) is 32.8 Å². The Morgan fingerprint density at radius 3 is 2.72 bits per heavy atom. The normalized spacial score (nSPS) is 11.9. The van der Waals surface area contributed by atoms with Crippen molar-refractivity contribution in [1.29, 1.82) is 0 Å². The van der Waals surface area contributed by atoms with Gasteiger partial charge in [0.1, 0.15) is 0 Å². The fourth-order valence-corrected chi connectivity index (χ4v) is 1.49. The first kappa shape index (κ1) is 14.3. The van der Waals surface area contributed by atoms with E-state index < -0.39 is 17.9 Å². The van der Waals surface area contributed by atoms with E-state index in [2.05, 4.69) is 0 Å². The highest BCUT2D eigenvalue weighted by molar-refractivity contribution is 5.75. The van der Waals surface area contributed by atoms with E-state index in [9.17, 15) is 9.18 Å². The second-order valence-electron chi connectivity index (χ2n) is 3.84. The number of anilines is 1. The van der Waals surface area contributed by atoms with Crippen molar-refractivity contribution in [3.05, 3.63) is 24.0 Å². The van der Waals surface area contributed by atoms with Crippen LogP contribution in [0.15, 0.2) is 18.2 Å². The molecule has 1 rings (SSSR count). The van der Waals surface area contributed by atoms with Gasteiger partial charge >= 0.3 is 5.97 Å². The standard InChI is InChI=1S/C13H18FNO3/c1-3-5-12(13(16)17-4-2)18-11-7-6-9(15)8-10(11)14/h6-8,12H,3-5,15H2,1-2H3. The number of rotatable bonds is 6. The zero-order valence-electron chi connectivity index (χ0n) is 10.6. The molecule has 1 aromatic rings. The van der Waals surface area contributed by atoms with E-state index in [0.29, 0.717) is 12.1 Å². The summed E-state index contributed by atoms with van der Waals surface area (Å²) in [6.07, 6.45) is 0.427. The molecule has 0 heterocycles. The van der Waals surface area contributed by atoms with Gasteiger partial charge in [0.15, 0.2) is 17.7 Å². The van der Waals surface area contributed by atoms with Gasteiger partial charge < -0.3 is 15.2 Å². The minimum atomic E-state index is -0.784. The van der Waals surface area contributed by atoms with Crippen LogP contribution < -0.4 is 10.5 Å². The summed E-state index contributed by atoms with van der Waals surface area (Å²) < 4.78 is 23.8. The maximum atomic E-state index is 13.5. The van der Waals surface area contributed by atoms with E-state index in [1.807, 2.05) is 6.92 Å². The molecule has 4 nitrogen and oxygen atoms in total. The van der Waals surface area contributed by atoms with Crippen LogP contribution in [0.2, 0.25) is 0 Å². The molecule has 5 heteroatoms. The van der Waals surface area contributed by atoms with E-state index in [1.54, 1.807) is 6.92 Å². The van der Waals surface area contributed by atoms with Crippen molar-refractivity contribution in [2.75, 3.05) is 12.3 Å². The minimum absolute atomic E-state index is 0.00991. The third-order valence-corrected chi connectivity index (χ3v) is 2.33. The van der Waals surface area contributed by atoms with Crippen molar-refractivity contribution in [2.24, 2.45) is 0 Å². The Kier molecular flexibility index (Phi) is 5.42. The van der Waals surface area contributed by atoms with Gasteiger partial charge in [-0.3, -0.25) is 0 Å². The van der Waals surface area contributed by atoms with Gasteiger partial charge in [0.2, 0.25) is 0 Å². The third-order valence-electron chi connectivity index (χ3n) is 2.33. The maximum absolute atomic E-state index is 13.5. The summed E-state index contributed by atoms with van der Waals surface area (Å²) in [6, 6.07) is 4.09. The summed E-state index contributed by atoms with van der Waals surface area (Å²) in [7, 11) is 0. The van der Waals surface area contributed by atoms with Crippen LogP contribution in [0.4, 0.5) is 10.1 Å². The molecule has 0 spiro atoms. The van der Waals surface area contributed by atoms with Gasteiger partial charge in [0, 0.05) is 11.8 Å². The number of carbonyl (C=O) groups is 1. The number of hydrogen-bond donors (Lipinski definition) is 1. The van der Waals surface area contributed by atoms with Crippen LogP contribution in [0.25, 0.3) is 0 Å². The molecule has 0 saturated carbocycles. The highest BCUT2D eigenvalue weighted by atomic mass is 19.1. The third kappa shape index (κ3) is 3.91. The molecule has 1 atom stereocenters. The van der Waals surface area contributed by atoms with Crippen LogP contribution in [0.5, 0.6) is 5.75 Å². The lowest BCUT2D eigenvalue weighted by Crippen LogP contribution is -2.29. The van der Waals surface area contributed by atoms with Gasteiger partial charge in [-0.05, 0) is 25.5 Å². The predicted octanol–water partition coefficient (Wildman–Crippen LogP) is 2.52. The van der Waals surface area contributed by atoms with Gasteiger partial charge in [-0.25, -0.2) is 9.18 Å². The molecule has 1 unspecified atom stereocenters. The van der Waals surface area contributed by atoms with E-state index in [1.165, 1.54) is 12.1 Å². The number of esters is 1. The van der Waals surface area contributed by atoms with Crippen LogP contribution >= 0.6 is 0 Å². The van der Waals surface area contributed by atoms with E-state index >= 15 is 0 Å². The van der Waals surface area contributed by atoms with Gasteiger partial charge in [-0.15, -0.1) is 0 Å². The summed E-state index contributed by atoms with van der Waals surface area (Å²) in [4.78, 5) is 11.6. The van der Waals surface area contributed by atoms with Crippen molar-refractivity contribution in [1.82, 2.24) is 0 Å². The summed E-state index contributed by atoms with van der Waals surface area (Å²) in [5, 5.41) is 0. The molecule has 0 aromatic heterocycles. The van der Waals surface area contributed by atoms with Crippen LogP contribution in [-0.2, 0) is 9.53 Å². The first-order chi connectivity index (χ1) is 8.58. The number of nitrogens with two attached hydrogens (primary N) is 1. The average molecular weight is 255 g/mol. The molecule has 0 saturated heterocycles. The van der Waals surface area contributed by atoms with Crippen LogP contribution in [0.3, 0.4) is 0 Å². The SMILES string of the molecule is CCCC(Oc1ccc(N)cc1F)C(=O)OCC. The molecule has 1 aromatic carbocycles. The van der Waals surface area contributed by atoms with E-state index in [0.717, 1.165) is 12.5 Å². The van der Waals surface area contributed by atoms with Crippen LogP contribution in [0, 0.1) is 5.82 Å². The predicted molar refractivity (Wildman–Crippen MR) is 66.8 cm³/mol. The van der Waals surface area contributed by atoms with E-state index in [4.69, 9.17) is 15.2 Å². The molecular formula is C13H18FNO3. The summed E-state index contributed by atoms with van der Waals surface area (Å²) in [5.74, 6) is -1.05. The van der Waals surface area contributed by atoms with Crippen LogP contribution in [0.1, 0.15) is 26.7 Å². The molecule has 100 valence electrons. The van der Waals surface area contributed by atoms with Gasteiger partial charge in [-0.2, -0.15) is 0 Å². The highest BCUT2D eigenvalue weighted by Crippen LogP contribution is 2.22. The smallest absolute Gasteiger partial charge is 0.347 e. The fraction of sp³-hybridized carbons (Fsp3) is 0.462. The van der Waals surface area contributed by atoms with Crippen molar-refractivity contribution in [3.63, 3.8) is 0 Å². The molecule has 0 fully saturated rings. The largest absolute Gasteiger partial charge is 0.476 e. The number of benzene rings is 1. The summed E-state index contributed by atoms with van der Waals surface area (Å²) >= 11 is 0. The monoisotopic (exact) mass is 255 g/mol. The summed E-state index contributed by atoms with van der Waals surface area (Å²) in [5.41, 5.74) is 5.75. The molecule has 0 aliphatic heterocycles. The lowest BCUT2D eigenvalue weighted by atomic mass is 10.2. The lowest BCUT2D eigenvalue weighted by molar-refractivity contribution is -0.151. The lowest BCUT2D eigenvalue weighted by Gasteiger charge is -2.17. The van der Waals surface area contributed by atoms with E-state index in [-0.39, 0.29) is 12.4 Å². The second-order valence-corrected chi connectivity index (χ2v) is 3.84. The Labute approximate surface area is 106 Å². The first-order valence-corrected chi connectivity index (χ1v) is 5.96. The zero-order chi connectivity index (χ0) is 13.5. The average Bonchev–Trinajstić information content (AvgIpc) is 2.32. The van der Waals surface area contributed by atoms with Crippen molar-refractivity contribution < 1.29 is 18.7 Å². The van der Waals surface area contributed by atoms with Gasteiger partial charge in [0.05, 0.1) is 6.61 Å². The Bertz CT molecular complexity index is 409. The number of hydrogen-bond acceptors (Lipinski definition) is 4. The second kappa shape index (κ2) is 6.83. The molecule has 0 radical (unpaired) electrons. The Morgan fingerprint density at radius 2 is 2.17 bits per heavy atom. The molecule has 0 aliphatic carbocycles. The Balaban J connectivity index is 2.79. The molecule has 0 amide bonds. The summed E-state index contributed by atoms with van der Waals surface area (Å²) in [6.45, 7) is 3.90. The number of nitrogen functional groups attached to an aromatic ring is 1. The topological polar surface area (TPSA) is 61.5 Å². The first-order valence-electron chi connectivity index (χ1n) is 5.96. The highest BCUT2D eigenvalue weighted by Gasteiger charge is 2.22. The number of carbonyl (C=O) groups excluding carboxylic acids is 1. The van der Waals surface area contributed by atoms with Crippen molar-refractivity contribution in [3.8, 4) is 5.75 Å². The van der Waals surface area contributed by atoms with Gasteiger partial charge in [-0.1, -0.05) is 13.3 Å². The Morgan fingerprint density at radius 1 is 1.44 bits per heavy atom. The molecule has 0 bridgehead atoms. The molecule has 18 heavy (non-hydrogen) atoms. The number of ether oxygens (including phenoxy) is 2. The number of halogens is 1. The zero-order valence-corrected chi connectivity index (χ0v) is 10.6. The molecule has 2 N–H and O–H groups in total. The quantitative estimate of drug-likeness (QED) is 0.626. The molecular weight excluding hydrogens is 237 g/mol.